The van der Waals surface area contributed by atoms with E-state index in [0.29, 0.717) is 24.0 Å². The van der Waals surface area contributed by atoms with Crippen LogP contribution in [0.3, 0.4) is 0 Å². The number of nitrogens with one attached hydrogen (secondary N) is 2. The largest absolute Gasteiger partial charge is 0.444 e. The lowest BCUT2D eigenvalue weighted by Gasteiger charge is -2.19. The molecule has 2 heterocycles. The van der Waals surface area contributed by atoms with E-state index in [2.05, 4.69) is 25.7 Å². The molecule has 1 amide bonds. The number of hydrogen-bond acceptors (Lipinski definition) is 6. The number of nitrogens with zero attached hydrogens (tertiary/aromatic N) is 4. The monoisotopic (exact) mass is 340 g/mol. The van der Waals surface area contributed by atoms with Gasteiger partial charge in [0.1, 0.15) is 22.9 Å². The second-order valence-corrected chi connectivity index (χ2v) is 6.42. The van der Waals surface area contributed by atoms with Crippen molar-refractivity contribution in [2.24, 2.45) is 0 Å². The Morgan fingerprint density at radius 3 is 2.83 bits per heavy atom. The van der Waals surface area contributed by atoms with E-state index in [-0.39, 0.29) is 0 Å². The van der Waals surface area contributed by atoms with Crippen molar-refractivity contribution in [3.8, 4) is 0 Å². The third-order valence-electron chi connectivity index (χ3n) is 2.92. The van der Waals surface area contributed by atoms with Crippen molar-refractivity contribution in [3.63, 3.8) is 0 Å². The molecule has 0 spiro atoms. The van der Waals surface area contributed by atoms with Gasteiger partial charge in [-0.25, -0.2) is 4.79 Å². The highest BCUT2D eigenvalue weighted by molar-refractivity contribution is 6.30. The minimum Gasteiger partial charge on any atom is -0.444 e. The number of carbonyl (C=O) groups is 1. The molecule has 2 aromatic rings. The number of hydrogen-bond donors (Lipinski definition) is 2. The number of halogens is 1. The van der Waals surface area contributed by atoms with Gasteiger partial charge in [0.25, 0.3) is 5.78 Å². The number of ether oxygens (including phenoxy) is 1. The molecule has 2 aromatic heterocycles. The quantitative estimate of drug-likeness (QED) is 0.641. The van der Waals surface area contributed by atoms with E-state index >= 15 is 0 Å². The molecule has 0 atom stereocenters. The van der Waals surface area contributed by atoms with Gasteiger partial charge < -0.3 is 15.4 Å². The van der Waals surface area contributed by atoms with Gasteiger partial charge >= 0.3 is 6.09 Å². The van der Waals surface area contributed by atoms with E-state index in [4.69, 9.17) is 16.3 Å². The molecule has 0 radical (unpaired) electrons. The van der Waals surface area contributed by atoms with Crippen LogP contribution in [0.2, 0.25) is 5.15 Å². The standard InChI is InChI=1S/C14H21ClN6O2/c1-9-10(15)20-12-18-8-19-21(12)11(9)16-6-5-7-17-13(22)23-14(2,3)4/h8,16H,5-7H2,1-4H3,(H,17,22). The predicted octanol–water partition coefficient (Wildman–Crippen LogP) is 2.41. The Kier molecular flexibility index (Phi) is 5.25. The van der Waals surface area contributed by atoms with Crippen molar-refractivity contribution in [1.29, 1.82) is 0 Å². The van der Waals surface area contributed by atoms with Gasteiger partial charge in [0, 0.05) is 18.7 Å². The van der Waals surface area contributed by atoms with E-state index in [1.807, 2.05) is 27.7 Å². The molecule has 0 fully saturated rings. The number of carbonyl (C=O) groups excluding carboxylic acids is 1. The Morgan fingerprint density at radius 2 is 2.13 bits per heavy atom. The van der Waals surface area contributed by atoms with Crippen LogP contribution < -0.4 is 10.6 Å². The van der Waals surface area contributed by atoms with Gasteiger partial charge in [0.2, 0.25) is 0 Å². The van der Waals surface area contributed by atoms with Crippen LogP contribution in [0, 0.1) is 6.92 Å². The fourth-order valence-corrected chi connectivity index (χ4v) is 2.07. The molecular weight excluding hydrogens is 320 g/mol. The summed E-state index contributed by atoms with van der Waals surface area (Å²) in [5.41, 5.74) is 0.302. The van der Waals surface area contributed by atoms with Gasteiger partial charge in [-0.15, -0.1) is 0 Å². The van der Waals surface area contributed by atoms with Gasteiger partial charge in [-0.3, -0.25) is 0 Å². The first-order chi connectivity index (χ1) is 10.8. The summed E-state index contributed by atoms with van der Waals surface area (Å²) >= 11 is 6.09. The van der Waals surface area contributed by atoms with Crippen molar-refractivity contribution in [1.82, 2.24) is 24.9 Å². The maximum absolute atomic E-state index is 11.5. The Labute approximate surface area is 139 Å². The lowest BCUT2D eigenvalue weighted by atomic mass is 10.2. The fourth-order valence-electron chi connectivity index (χ4n) is 1.90. The van der Waals surface area contributed by atoms with Crippen LogP contribution in [-0.2, 0) is 4.74 Å². The molecule has 8 nitrogen and oxygen atoms in total. The van der Waals surface area contributed by atoms with Gasteiger partial charge in [-0.1, -0.05) is 11.6 Å². The number of rotatable bonds is 5. The number of alkyl carbamates (subject to hydrolysis) is 1. The third kappa shape index (κ3) is 4.69. The number of amides is 1. The fraction of sp³-hybridized carbons (Fsp3) is 0.571. The number of fused-ring (bicyclic) bond motifs is 1. The summed E-state index contributed by atoms with van der Waals surface area (Å²) in [5.74, 6) is 1.18. The molecule has 0 unspecified atom stereocenters. The topological polar surface area (TPSA) is 93.4 Å². The average molecular weight is 341 g/mol. The molecule has 0 saturated carbocycles. The van der Waals surface area contributed by atoms with Crippen molar-refractivity contribution < 1.29 is 9.53 Å². The number of aromatic nitrogens is 4. The predicted molar refractivity (Wildman–Crippen MR) is 87.9 cm³/mol. The summed E-state index contributed by atoms with van der Waals surface area (Å²) in [5, 5.41) is 10.5. The highest BCUT2D eigenvalue weighted by Crippen LogP contribution is 2.21. The molecule has 0 aliphatic heterocycles. The molecule has 126 valence electrons. The Bertz CT molecular complexity index is 694. The maximum Gasteiger partial charge on any atom is 0.407 e. The van der Waals surface area contributed by atoms with Crippen molar-refractivity contribution in [2.45, 2.75) is 39.7 Å². The molecule has 0 aliphatic rings. The molecule has 0 saturated heterocycles. The number of anilines is 1. The van der Waals surface area contributed by atoms with Crippen LogP contribution in [0.25, 0.3) is 5.78 Å². The molecule has 2 rings (SSSR count). The van der Waals surface area contributed by atoms with Crippen LogP contribution in [0.4, 0.5) is 10.6 Å². The summed E-state index contributed by atoms with van der Waals surface area (Å²) in [7, 11) is 0. The SMILES string of the molecule is Cc1c(Cl)nc2ncnn2c1NCCCNC(=O)OC(C)(C)C. The molecule has 23 heavy (non-hydrogen) atoms. The van der Waals surface area contributed by atoms with Crippen molar-refractivity contribution in [3.05, 3.63) is 17.0 Å². The van der Waals surface area contributed by atoms with E-state index < -0.39 is 11.7 Å². The summed E-state index contributed by atoms with van der Waals surface area (Å²) in [6.45, 7) is 8.47. The Balaban J connectivity index is 1.84. The zero-order chi connectivity index (χ0) is 17.0. The second-order valence-electron chi connectivity index (χ2n) is 6.06. The van der Waals surface area contributed by atoms with Gasteiger partial charge in [0.05, 0.1) is 0 Å². The van der Waals surface area contributed by atoms with E-state index in [1.165, 1.54) is 6.33 Å². The minimum atomic E-state index is -0.494. The molecule has 0 aromatic carbocycles. The third-order valence-corrected chi connectivity index (χ3v) is 3.29. The minimum absolute atomic E-state index is 0.389. The molecule has 0 aliphatic carbocycles. The maximum atomic E-state index is 11.5. The highest BCUT2D eigenvalue weighted by Gasteiger charge is 2.15. The summed E-state index contributed by atoms with van der Waals surface area (Å²) in [4.78, 5) is 19.7. The van der Waals surface area contributed by atoms with Crippen LogP contribution >= 0.6 is 11.6 Å². The van der Waals surface area contributed by atoms with Gasteiger partial charge in [-0.05, 0) is 34.1 Å². The zero-order valence-corrected chi connectivity index (χ0v) is 14.4. The first-order valence-electron chi connectivity index (χ1n) is 7.34. The van der Waals surface area contributed by atoms with E-state index in [9.17, 15) is 4.79 Å². The normalized spacial score (nSPS) is 11.5. The van der Waals surface area contributed by atoms with Crippen LogP contribution in [0.1, 0.15) is 32.8 Å². The smallest absolute Gasteiger partial charge is 0.407 e. The van der Waals surface area contributed by atoms with Gasteiger partial charge in [-0.2, -0.15) is 19.6 Å². The molecule has 9 heteroatoms. The average Bonchev–Trinajstić information content (AvgIpc) is 2.88. The van der Waals surface area contributed by atoms with Crippen LogP contribution in [0.5, 0.6) is 0 Å². The van der Waals surface area contributed by atoms with Crippen LogP contribution in [-0.4, -0.2) is 44.4 Å². The summed E-state index contributed by atoms with van der Waals surface area (Å²) in [6, 6.07) is 0. The summed E-state index contributed by atoms with van der Waals surface area (Å²) < 4.78 is 6.77. The molecule has 2 N–H and O–H groups in total. The van der Waals surface area contributed by atoms with Crippen LogP contribution in [0.15, 0.2) is 6.33 Å². The molecular formula is C14H21ClN6O2. The Morgan fingerprint density at radius 1 is 1.39 bits per heavy atom. The second kappa shape index (κ2) is 6.99. The summed E-state index contributed by atoms with van der Waals surface area (Å²) in [6.07, 6.45) is 1.72. The lowest BCUT2D eigenvalue weighted by Crippen LogP contribution is -2.33. The van der Waals surface area contributed by atoms with E-state index in [0.717, 1.165) is 17.8 Å². The van der Waals surface area contributed by atoms with Gasteiger partial charge in [0.15, 0.2) is 0 Å². The first kappa shape index (κ1) is 17.3. The highest BCUT2D eigenvalue weighted by atomic mass is 35.5. The zero-order valence-electron chi connectivity index (χ0n) is 13.7. The first-order valence-corrected chi connectivity index (χ1v) is 7.72. The van der Waals surface area contributed by atoms with E-state index in [1.54, 1.807) is 4.52 Å². The molecule has 0 bridgehead atoms. The van der Waals surface area contributed by atoms with Crippen molar-refractivity contribution >= 4 is 29.3 Å². The van der Waals surface area contributed by atoms with Crippen molar-refractivity contribution in [2.75, 3.05) is 18.4 Å². The lowest BCUT2D eigenvalue weighted by molar-refractivity contribution is 0.0528. The Hall–Kier alpha value is -2.09.